The fraction of sp³-hybridized carbons (Fsp3) is 0.667. The summed E-state index contributed by atoms with van der Waals surface area (Å²) in [7, 11) is -3.45. The van der Waals surface area contributed by atoms with Crippen molar-refractivity contribution < 1.29 is 17.9 Å². The Morgan fingerprint density at radius 1 is 1.30 bits per heavy atom. The Balaban J connectivity index is 2.02. The van der Waals surface area contributed by atoms with Crippen molar-refractivity contribution in [2.45, 2.75) is 38.8 Å². The van der Waals surface area contributed by atoms with Gasteiger partial charge in [-0.05, 0) is 19.3 Å². The molecule has 2 rings (SSSR count). The number of esters is 1. The number of ether oxygens (including phenoxy) is 1. The van der Waals surface area contributed by atoms with Crippen LogP contribution in [0.1, 0.15) is 32.0 Å². The molecule has 23 heavy (non-hydrogen) atoms. The quantitative estimate of drug-likeness (QED) is 0.636. The number of nitrogens with two attached hydrogens (primary N) is 2. The standard InChI is InChI=1S/C12H20N6O4S/c1-2-6-23(20,21)18-5-3-4-8(18)10(19)22-7-9-15-11(13)17-12(14)16-9/h8H,2-7H2,1H3,(H4,13,14,15,16,17). The highest BCUT2D eigenvalue weighted by atomic mass is 32.2. The minimum atomic E-state index is -3.45. The van der Waals surface area contributed by atoms with E-state index in [0.717, 1.165) is 0 Å². The lowest BCUT2D eigenvalue weighted by Gasteiger charge is -2.22. The van der Waals surface area contributed by atoms with E-state index in [2.05, 4.69) is 15.0 Å². The van der Waals surface area contributed by atoms with Gasteiger partial charge in [0, 0.05) is 6.54 Å². The maximum Gasteiger partial charge on any atom is 0.324 e. The number of aromatic nitrogens is 3. The van der Waals surface area contributed by atoms with E-state index in [1.54, 1.807) is 6.92 Å². The summed E-state index contributed by atoms with van der Waals surface area (Å²) < 4.78 is 30.7. The fourth-order valence-corrected chi connectivity index (χ4v) is 4.17. The molecule has 1 atom stereocenters. The predicted octanol–water partition coefficient (Wildman–Crippen LogP) is -0.717. The minimum absolute atomic E-state index is 0.0112. The first-order valence-corrected chi connectivity index (χ1v) is 8.86. The molecular formula is C12H20N6O4S. The number of nitrogens with zero attached hydrogens (tertiary/aromatic N) is 4. The van der Waals surface area contributed by atoms with Crippen LogP contribution in [0.15, 0.2) is 0 Å². The highest BCUT2D eigenvalue weighted by molar-refractivity contribution is 7.89. The fourth-order valence-electron chi connectivity index (χ4n) is 2.44. The average molecular weight is 344 g/mol. The monoisotopic (exact) mass is 344 g/mol. The van der Waals surface area contributed by atoms with Crippen LogP contribution in [0.25, 0.3) is 0 Å². The molecule has 1 unspecified atom stereocenters. The SMILES string of the molecule is CCCS(=O)(=O)N1CCCC1C(=O)OCc1nc(N)nc(N)n1. The van der Waals surface area contributed by atoms with E-state index < -0.39 is 22.0 Å². The van der Waals surface area contributed by atoms with E-state index in [-0.39, 0.29) is 30.1 Å². The summed E-state index contributed by atoms with van der Waals surface area (Å²) >= 11 is 0. The smallest absolute Gasteiger partial charge is 0.324 e. The molecule has 0 aliphatic carbocycles. The highest BCUT2D eigenvalue weighted by Crippen LogP contribution is 2.23. The lowest BCUT2D eigenvalue weighted by molar-refractivity contribution is -0.149. The van der Waals surface area contributed by atoms with Crippen LogP contribution in [0.4, 0.5) is 11.9 Å². The zero-order chi connectivity index (χ0) is 17.0. The summed E-state index contributed by atoms with van der Waals surface area (Å²) in [4.78, 5) is 23.4. The minimum Gasteiger partial charge on any atom is -0.456 e. The Labute approximate surface area is 134 Å². The molecule has 128 valence electrons. The van der Waals surface area contributed by atoms with Crippen molar-refractivity contribution in [1.82, 2.24) is 19.3 Å². The van der Waals surface area contributed by atoms with E-state index in [1.807, 2.05) is 0 Å². The number of hydrogen-bond acceptors (Lipinski definition) is 9. The third-order valence-corrected chi connectivity index (χ3v) is 5.43. The van der Waals surface area contributed by atoms with Crippen molar-refractivity contribution in [3.8, 4) is 0 Å². The Kier molecular flexibility index (Phi) is 5.31. The second-order valence-corrected chi connectivity index (χ2v) is 7.20. The van der Waals surface area contributed by atoms with Crippen LogP contribution in [0.3, 0.4) is 0 Å². The zero-order valence-electron chi connectivity index (χ0n) is 12.8. The molecule has 1 aliphatic heterocycles. The number of sulfonamides is 1. The van der Waals surface area contributed by atoms with Gasteiger partial charge >= 0.3 is 5.97 Å². The summed E-state index contributed by atoms with van der Waals surface area (Å²) in [5.41, 5.74) is 10.9. The van der Waals surface area contributed by atoms with Gasteiger partial charge in [0.15, 0.2) is 12.4 Å². The second kappa shape index (κ2) is 7.04. The second-order valence-electron chi connectivity index (χ2n) is 5.16. The van der Waals surface area contributed by atoms with Gasteiger partial charge in [0.1, 0.15) is 6.04 Å². The molecule has 4 N–H and O–H groups in total. The number of hydrogen-bond donors (Lipinski definition) is 2. The largest absolute Gasteiger partial charge is 0.456 e. The van der Waals surface area contributed by atoms with Crippen molar-refractivity contribution in [1.29, 1.82) is 0 Å². The number of rotatable bonds is 6. The van der Waals surface area contributed by atoms with Crippen LogP contribution >= 0.6 is 0 Å². The summed E-state index contributed by atoms with van der Waals surface area (Å²) in [5, 5.41) is 0. The lowest BCUT2D eigenvalue weighted by Crippen LogP contribution is -2.42. The van der Waals surface area contributed by atoms with Crippen LogP contribution in [0.5, 0.6) is 0 Å². The molecule has 0 aromatic carbocycles. The third-order valence-electron chi connectivity index (χ3n) is 3.35. The van der Waals surface area contributed by atoms with Gasteiger partial charge in [-0.2, -0.15) is 19.3 Å². The van der Waals surface area contributed by atoms with Gasteiger partial charge in [-0.1, -0.05) is 6.92 Å². The zero-order valence-corrected chi connectivity index (χ0v) is 13.6. The van der Waals surface area contributed by atoms with E-state index in [0.29, 0.717) is 25.8 Å². The molecule has 0 radical (unpaired) electrons. The average Bonchev–Trinajstić information content (AvgIpc) is 2.94. The van der Waals surface area contributed by atoms with Gasteiger partial charge in [-0.15, -0.1) is 0 Å². The van der Waals surface area contributed by atoms with Crippen LogP contribution in [-0.2, 0) is 26.2 Å². The molecule has 0 amide bonds. The molecule has 1 aromatic rings. The van der Waals surface area contributed by atoms with Crippen molar-refractivity contribution in [2.75, 3.05) is 23.8 Å². The molecule has 2 heterocycles. The molecule has 0 bridgehead atoms. The van der Waals surface area contributed by atoms with Gasteiger partial charge in [-0.3, -0.25) is 4.79 Å². The summed E-state index contributed by atoms with van der Waals surface area (Å²) in [5.74, 6) is -0.644. The van der Waals surface area contributed by atoms with E-state index in [9.17, 15) is 13.2 Å². The van der Waals surface area contributed by atoms with Crippen molar-refractivity contribution in [2.24, 2.45) is 0 Å². The molecular weight excluding hydrogens is 324 g/mol. The Bertz CT molecular complexity index is 660. The Morgan fingerprint density at radius 3 is 2.57 bits per heavy atom. The molecule has 1 fully saturated rings. The van der Waals surface area contributed by atoms with E-state index in [4.69, 9.17) is 16.2 Å². The predicted molar refractivity (Wildman–Crippen MR) is 82.3 cm³/mol. The first-order valence-electron chi connectivity index (χ1n) is 7.25. The van der Waals surface area contributed by atoms with E-state index in [1.165, 1.54) is 4.31 Å². The van der Waals surface area contributed by atoms with Crippen LogP contribution in [0.2, 0.25) is 0 Å². The van der Waals surface area contributed by atoms with Crippen molar-refractivity contribution >= 4 is 27.9 Å². The number of nitrogen functional groups attached to an aromatic ring is 2. The van der Waals surface area contributed by atoms with Crippen molar-refractivity contribution in [3.05, 3.63) is 5.82 Å². The summed E-state index contributed by atoms with van der Waals surface area (Å²) in [6.07, 6.45) is 1.54. The molecule has 1 aliphatic rings. The summed E-state index contributed by atoms with van der Waals surface area (Å²) in [6.45, 7) is 1.86. The maximum absolute atomic E-state index is 12.2. The van der Waals surface area contributed by atoms with Gasteiger partial charge in [-0.25, -0.2) is 8.42 Å². The molecule has 1 aromatic heterocycles. The maximum atomic E-state index is 12.2. The summed E-state index contributed by atoms with van der Waals surface area (Å²) in [6, 6.07) is -0.803. The first-order chi connectivity index (χ1) is 10.8. The Hall–Kier alpha value is -2.01. The topological polar surface area (TPSA) is 154 Å². The molecule has 0 saturated carbocycles. The Morgan fingerprint density at radius 2 is 1.96 bits per heavy atom. The molecule has 1 saturated heterocycles. The number of carbonyl (C=O) groups is 1. The highest BCUT2D eigenvalue weighted by Gasteiger charge is 2.39. The molecule has 0 spiro atoms. The van der Waals surface area contributed by atoms with Crippen LogP contribution in [-0.4, -0.2) is 52.0 Å². The lowest BCUT2D eigenvalue weighted by atomic mass is 10.2. The molecule has 10 nitrogen and oxygen atoms in total. The normalized spacial score (nSPS) is 18.9. The number of anilines is 2. The van der Waals surface area contributed by atoms with Gasteiger partial charge in [0.25, 0.3) is 0 Å². The van der Waals surface area contributed by atoms with Crippen molar-refractivity contribution in [3.63, 3.8) is 0 Å². The molecule has 11 heteroatoms. The first kappa shape index (κ1) is 17.3. The van der Waals surface area contributed by atoms with Gasteiger partial charge in [0.05, 0.1) is 5.75 Å². The van der Waals surface area contributed by atoms with E-state index >= 15 is 0 Å². The van der Waals surface area contributed by atoms with Gasteiger partial charge < -0.3 is 16.2 Å². The third kappa shape index (κ3) is 4.26. The van der Waals surface area contributed by atoms with Crippen LogP contribution in [0, 0.1) is 0 Å². The van der Waals surface area contributed by atoms with Crippen LogP contribution < -0.4 is 11.5 Å². The number of carbonyl (C=O) groups excluding carboxylic acids is 1. The van der Waals surface area contributed by atoms with Gasteiger partial charge in [0.2, 0.25) is 21.9 Å².